The largest absolute Gasteiger partial charge is 0.328 e. The molecule has 22 heavy (non-hydrogen) atoms. The molecule has 0 spiro atoms. The molecule has 2 aromatic carbocycles. The van der Waals surface area contributed by atoms with Gasteiger partial charge in [0, 0.05) is 12.5 Å². The molecule has 0 aromatic heterocycles. The van der Waals surface area contributed by atoms with Crippen molar-refractivity contribution in [3.05, 3.63) is 73.8 Å². The average Bonchev–Trinajstić information content (AvgIpc) is 2.49. The molecular formula is C14H11N3O5. The summed E-state index contributed by atoms with van der Waals surface area (Å²) < 4.78 is 0. The molecule has 8 nitrogen and oxygen atoms in total. The van der Waals surface area contributed by atoms with E-state index < -0.39 is 21.2 Å². The van der Waals surface area contributed by atoms with Crippen LogP contribution in [-0.2, 0) is 11.2 Å². The molecule has 0 bridgehead atoms. The van der Waals surface area contributed by atoms with Crippen molar-refractivity contribution < 1.29 is 14.6 Å². The van der Waals surface area contributed by atoms with Gasteiger partial charge in [-0.2, -0.15) is 0 Å². The minimum absolute atomic E-state index is 0.0553. The third-order valence-corrected chi connectivity index (χ3v) is 3.06. The number of amides is 1. The predicted molar refractivity (Wildman–Crippen MR) is 78.7 cm³/mol. The number of nitrogens with zero attached hydrogens (tertiary/aromatic N) is 2. The maximum Gasteiger partial charge on any atom is 0.281 e. The number of nitro benzene ring substituents is 2. The molecule has 0 fully saturated rings. The van der Waals surface area contributed by atoms with Gasteiger partial charge in [-0.25, -0.2) is 0 Å². The first-order valence-electron chi connectivity index (χ1n) is 6.22. The van der Waals surface area contributed by atoms with Gasteiger partial charge >= 0.3 is 0 Å². The molecule has 112 valence electrons. The average molecular weight is 301 g/mol. The summed E-state index contributed by atoms with van der Waals surface area (Å²) in [5, 5.41) is 24.4. The number of carbonyl (C=O) groups is 1. The number of anilines is 1. The first-order chi connectivity index (χ1) is 10.5. The summed E-state index contributed by atoms with van der Waals surface area (Å²) in [6.45, 7) is 0. The van der Waals surface area contributed by atoms with E-state index in [4.69, 9.17) is 0 Å². The number of rotatable bonds is 6. The lowest BCUT2D eigenvalue weighted by Gasteiger charge is -2.09. The van der Waals surface area contributed by atoms with Gasteiger partial charge in [0.05, 0.1) is 27.2 Å². The molecule has 0 heterocycles. The van der Waals surface area contributed by atoms with Crippen molar-refractivity contribution in [3.63, 3.8) is 0 Å². The van der Waals surface area contributed by atoms with Crippen molar-refractivity contribution in [2.45, 2.75) is 6.42 Å². The maximum absolute atomic E-state index is 11.2. The first kappa shape index (κ1) is 15.1. The van der Waals surface area contributed by atoms with E-state index in [1.165, 1.54) is 0 Å². The van der Waals surface area contributed by atoms with Gasteiger partial charge in [-0.3, -0.25) is 25.0 Å². The number of benzene rings is 2. The zero-order chi connectivity index (χ0) is 16.1. The van der Waals surface area contributed by atoms with Crippen LogP contribution in [0.2, 0.25) is 0 Å². The van der Waals surface area contributed by atoms with Crippen LogP contribution in [0.4, 0.5) is 17.1 Å². The highest BCUT2D eigenvalue weighted by atomic mass is 16.6. The Kier molecular flexibility index (Phi) is 4.42. The summed E-state index contributed by atoms with van der Waals surface area (Å²) in [5.41, 5.74) is 0.206. The quantitative estimate of drug-likeness (QED) is 0.500. The second kappa shape index (κ2) is 6.44. The van der Waals surface area contributed by atoms with Crippen molar-refractivity contribution in [3.8, 4) is 0 Å². The molecule has 1 N–H and O–H groups in total. The molecule has 0 aliphatic rings. The van der Waals surface area contributed by atoms with E-state index >= 15 is 0 Å². The smallest absolute Gasteiger partial charge is 0.281 e. The number of non-ortho nitro benzene ring substituents is 1. The van der Waals surface area contributed by atoms with Crippen molar-refractivity contribution in [1.29, 1.82) is 0 Å². The molecule has 0 radical (unpaired) electrons. The Balaban J connectivity index is 2.60. The van der Waals surface area contributed by atoms with Crippen molar-refractivity contribution in [1.82, 2.24) is 0 Å². The minimum atomic E-state index is -0.741. The predicted octanol–water partition coefficient (Wildman–Crippen LogP) is 2.66. The van der Waals surface area contributed by atoms with Crippen molar-refractivity contribution >= 4 is 23.5 Å². The van der Waals surface area contributed by atoms with E-state index in [0.717, 1.165) is 17.7 Å². The molecule has 8 heteroatoms. The van der Waals surface area contributed by atoms with Gasteiger partial charge in [0.25, 0.3) is 11.4 Å². The highest BCUT2D eigenvalue weighted by Crippen LogP contribution is 2.33. The Labute approximate surface area is 124 Å². The molecule has 0 saturated heterocycles. The van der Waals surface area contributed by atoms with Crippen LogP contribution in [0.3, 0.4) is 0 Å². The highest BCUT2D eigenvalue weighted by molar-refractivity contribution is 5.78. The van der Waals surface area contributed by atoms with Crippen molar-refractivity contribution in [2.24, 2.45) is 0 Å². The number of nitro groups is 2. The maximum atomic E-state index is 11.2. The van der Waals surface area contributed by atoms with Gasteiger partial charge < -0.3 is 5.32 Å². The zero-order valence-electron chi connectivity index (χ0n) is 11.3. The van der Waals surface area contributed by atoms with Crippen LogP contribution in [-0.4, -0.2) is 16.3 Å². The molecule has 0 atom stereocenters. The Bertz CT molecular complexity index is 731. The van der Waals surface area contributed by atoms with E-state index in [1.807, 2.05) is 0 Å². The van der Waals surface area contributed by atoms with Crippen LogP contribution in [0, 0.1) is 20.2 Å². The molecule has 2 aromatic rings. The summed E-state index contributed by atoms with van der Waals surface area (Å²) in [4.78, 5) is 31.3. The number of hydrogen-bond acceptors (Lipinski definition) is 5. The second-order valence-electron chi connectivity index (χ2n) is 4.43. The first-order valence-corrected chi connectivity index (χ1v) is 6.22. The van der Waals surface area contributed by atoms with Crippen molar-refractivity contribution in [2.75, 3.05) is 5.32 Å². The lowest BCUT2D eigenvalue weighted by Crippen LogP contribution is -2.05. The van der Waals surface area contributed by atoms with Crippen LogP contribution in [0.5, 0.6) is 0 Å². The van der Waals surface area contributed by atoms with Crippen LogP contribution < -0.4 is 5.32 Å². The normalized spacial score (nSPS) is 10.0. The Morgan fingerprint density at radius 1 is 1.05 bits per heavy atom. The van der Waals surface area contributed by atoms with Crippen LogP contribution in [0.25, 0.3) is 0 Å². The van der Waals surface area contributed by atoms with Gasteiger partial charge in [-0.15, -0.1) is 0 Å². The molecule has 0 aliphatic heterocycles. The Hall–Kier alpha value is -3.29. The summed E-state index contributed by atoms with van der Waals surface area (Å²) in [7, 11) is 0. The summed E-state index contributed by atoms with van der Waals surface area (Å²) in [5.74, 6) is 0. The minimum Gasteiger partial charge on any atom is -0.328 e. The van der Waals surface area contributed by atoms with Crippen LogP contribution in [0.1, 0.15) is 11.1 Å². The van der Waals surface area contributed by atoms with Crippen LogP contribution in [0.15, 0.2) is 42.5 Å². The van der Waals surface area contributed by atoms with E-state index in [1.54, 1.807) is 30.3 Å². The molecule has 0 aliphatic carbocycles. The van der Waals surface area contributed by atoms with Crippen LogP contribution >= 0.6 is 0 Å². The molecule has 1 amide bonds. The van der Waals surface area contributed by atoms with Gasteiger partial charge in [-0.05, 0) is 5.56 Å². The summed E-state index contributed by atoms with van der Waals surface area (Å²) in [6, 6.07) is 10.9. The fourth-order valence-corrected chi connectivity index (χ4v) is 2.09. The molecule has 0 unspecified atom stereocenters. The van der Waals surface area contributed by atoms with E-state index in [2.05, 4.69) is 5.32 Å². The van der Waals surface area contributed by atoms with Gasteiger partial charge in [-0.1, -0.05) is 30.3 Å². The Morgan fingerprint density at radius 2 is 1.73 bits per heavy atom. The number of carbonyl (C=O) groups excluding carboxylic acids is 1. The molecule has 2 rings (SSSR count). The van der Waals surface area contributed by atoms with Gasteiger partial charge in [0.1, 0.15) is 0 Å². The number of nitrogens with one attached hydrogen (secondary N) is 1. The molecular weight excluding hydrogens is 290 g/mol. The lowest BCUT2D eigenvalue weighted by atomic mass is 10.0. The Morgan fingerprint density at radius 3 is 2.27 bits per heavy atom. The standard InChI is InChI=1S/C14H11N3O5/c18-9-15-13-7-11(16(19)20)8-14(17(21)22)12(13)6-10-4-2-1-3-5-10/h1-5,7-9H,6H2,(H,15,18). The van der Waals surface area contributed by atoms with Gasteiger partial charge in [0.2, 0.25) is 6.41 Å². The third kappa shape index (κ3) is 3.23. The summed E-state index contributed by atoms with van der Waals surface area (Å²) in [6.07, 6.45) is 0.503. The topological polar surface area (TPSA) is 115 Å². The fourth-order valence-electron chi connectivity index (χ4n) is 2.09. The SMILES string of the molecule is O=CNc1cc([N+](=O)[O-])cc([N+](=O)[O-])c1Cc1ccccc1. The number of hydrogen-bond donors (Lipinski definition) is 1. The lowest BCUT2D eigenvalue weighted by molar-refractivity contribution is -0.394. The van der Waals surface area contributed by atoms with Gasteiger partial charge in [0.15, 0.2) is 0 Å². The zero-order valence-corrected chi connectivity index (χ0v) is 11.3. The van der Waals surface area contributed by atoms with E-state index in [0.29, 0.717) is 6.41 Å². The third-order valence-electron chi connectivity index (χ3n) is 3.06. The fraction of sp³-hybridized carbons (Fsp3) is 0.0714. The van der Waals surface area contributed by atoms with E-state index in [9.17, 15) is 25.0 Å². The monoisotopic (exact) mass is 301 g/mol. The molecule has 0 saturated carbocycles. The highest BCUT2D eigenvalue weighted by Gasteiger charge is 2.24. The summed E-state index contributed by atoms with van der Waals surface area (Å²) >= 11 is 0. The second-order valence-corrected chi connectivity index (χ2v) is 4.43. The van der Waals surface area contributed by atoms with E-state index in [-0.39, 0.29) is 17.7 Å².